The van der Waals surface area contributed by atoms with Gasteiger partial charge in [-0.2, -0.15) is 0 Å². The number of nitrogens with two attached hydrogens (primary N) is 1. The third-order valence-electron chi connectivity index (χ3n) is 4.12. The largest absolute Gasteiger partial charge is 0.393 e. The number of pyridine rings is 1. The average Bonchev–Trinajstić information content (AvgIpc) is 2.89. The van der Waals surface area contributed by atoms with E-state index in [0.29, 0.717) is 19.3 Å². The summed E-state index contributed by atoms with van der Waals surface area (Å²) in [5, 5.41) is 23.2. The minimum Gasteiger partial charge on any atom is -0.393 e. The van der Waals surface area contributed by atoms with E-state index in [9.17, 15) is 9.90 Å². The number of nitrogen functional groups attached to an aromatic ring is 1. The lowest BCUT2D eigenvalue weighted by Gasteiger charge is -2.38. The Kier molecular flexibility index (Phi) is 4.47. The van der Waals surface area contributed by atoms with Crippen LogP contribution in [0.5, 0.6) is 0 Å². The predicted octanol–water partition coefficient (Wildman–Crippen LogP) is -0.851. The van der Waals surface area contributed by atoms with Gasteiger partial charge >= 0.3 is 0 Å². The van der Waals surface area contributed by atoms with E-state index < -0.39 is 0 Å². The fraction of sp³-hybridized carbons (Fsp3) is 0.500. The second-order valence-corrected chi connectivity index (χ2v) is 5.81. The average molecular weight is 317 g/mol. The number of aliphatic hydroxyl groups excluding tert-OH is 1. The van der Waals surface area contributed by atoms with Crippen molar-refractivity contribution in [3.05, 3.63) is 30.1 Å². The highest BCUT2D eigenvalue weighted by Crippen LogP contribution is 2.31. The molecule has 1 amide bonds. The highest BCUT2D eigenvalue weighted by atomic mass is 16.3. The van der Waals surface area contributed by atoms with E-state index in [-0.39, 0.29) is 36.5 Å². The van der Waals surface area contributed by atoms with Gasteiger partial charge in [0.1, 0.15) is 6.54 Å². The third-order valence-corrected chi connectivity index (χ3v) is 4.12. The van der Waals surface area contributed by atoms with Crippen LogP contribution < -0.4 is 11.1 Å². The lowest BCUT2D eigenvalue weighted by Crippen LogP contribution is -2.49. The minimum absolute atomic E-state index is 0.0268. The number of nitrogens with zero attached hydrogens (tertiary/aromatic N) is 5. The van der Waals surface area contributed by atoms with Crippen LogP contribution in [0, 0.1) is 5.92 Å². The van der Waals surface area contributed by atoms with Crippen LogP contribution in [0.15, 0.2) is 24.5 Å². The zero-order valence-corrected chi connectivity index (χ0v) is 12.5. The van der Waals surface area contributed by atoms with E-state index >= 15 is 0 Å². The highest BCUT2D eigenvalue weighted by molar-refractivity contribution is 5.76. The molecule has 0 spiro atoms. The number of tetrazole rings is 1. The molecule has 1 fully saturated rings. The summed E-state index contributed by atoms with van der Waals surface area (Å²) in [6, 6.07) is 3.80. The van der Waals surface area contributed by atoms with Gasteiger partial charge in [-0.15, -0.1) is 0 Å². The van der Waals surface area contributed by atoms with Crippen molar-refractivity contribution in [2.24, 2.45) is 5.92 Å². The summed E-state index contributed by atoms with van der Waals surface area (Å²) in [5.74, 6) is 0.155. The first-order chi connectivity index (χ1) is 11.1. The van der Waals surface area contributed by atoms with E-state index in [1.54, 1.807) is 12.4 Å². The van der Waals surface area contributed by atoms with Crippen molar-refractivity contribution in [3.63, 3.8) is 0 Å². The normalized spacial score (nSPS) is 21.4. The number of nitrogens with one attached hydrogen (secondary N) is 1. The molecule has 0 aliphatic heterocycles. The van der Waals surface area contributed by atoms with Crippen molar-refractivity contribution in [3.8, 4) is 0 Å². The Balaban J connectivity index is 1.63. The molecular formula is C14H19N7O2. The van der Waals surface area contributed by atoms with Gasteiger partial charge < -0.3 is 16.2 Å². The van der Waals surface area contributed by atoms with Gasteiger partial charge in [0.25, 0.3) is 0 Å². The van der Waals surface area contributed by atoms with Crippen molar-refractivity contribution in [2.45, 2.75) is 38.0 Å². The maximum absolute atomic E-state index is 12.2. The van der Waals surface area contributed by atoms with Crippen molar-refractivity contribution in [1.82, 2.24) is 30.5 Å². The monoisotopic (exact) mass is 317 g/mol. The molecule has 9 heteroatoms. The summed E-state index contributed by atoms with van der Waals surface area (Å²) >= 11 is 0. The maximum atomic E-state index is 12.2. The minimum atomic E-state index is -0.271. The van der Waals surface area contributed by atoms with Gasteiger partial charge in [0, 0.05) is 18.4 Å². The molecule has 0 saturated heterocycles. The second kappa shape index (κ2) is 6.69. The molecule has 1 aliphatic carbocycles. The molecule has 1 atom stereocenters. The van der Waals surface area contributed by atoms with Crippen LogP contribution in [-0.2, 0) is 17.8 Å². The van der Waals surface area contributed by atoms with Crippen molar-refractivity contribution in [1.29, 1.82) is 0 Å². The van der Waals surface area contributed by atoms with Crippen LogP contribution in [-0.4, -0.2) is 48.4 Å². The molecule has 2 aromatic heterocycles. The number of amides is 1. The Labute approximate surface area is 132 Å². The van der Waals surface area contributed by atoms with Gasteiger partial charge in [0.2, 0.25) is 11.9 Å². The molecular weight excluding hydrogens is 298 g/mol. The van der Waals surface area contributed by atoms with Crippen LogP contribution >= 0.6 is 0 Å². The summed E-state index contributed by atoms with van der Waals surface area (Å²) in [6.07, 6.45) is 5.27. The zero-order valence-electron chi connectivity index (χ0n) is 12.5. The third kappa shape index (κ3) is 3.81. The maximum Gasteiger partial charge on any atom is 0.242 e. The van der Waals surface area contributed by atoms with E-state index in [0.717, 1.165) is 5.56 Å². The SMILES string of the molecule is Nc1nnnn1CC(=O)N[C@H](Cc1ccncc1)C1CC(O)C1. The first-order valence-electron chi connectivity index (χ1n) is 7.50. The molecule has 2 aromatic rings. The van der Waals surface area contributed by atoms with Gasteiger partial charge in [-0.3, -0.25) is 9.78 Å². The van der Waals surface area contributed by atoms with Gasteiger partial charge in [0.15, 0.2) is 0 Å². The second-order valence-electron chi connectivity index (χ2n) is 5.81. The molecule has 1 saturated carbocycles. The molecule has 0 radical (unpaired) electrons. The van der Waals surface area contributed by atoms with Crippen LogP contribution in [0.25, 0.3) is 0 Å². The van der Waals surface area contributed by atoms with Crippen LogP contribution in [0.2, 0.25) is 0 Å². The fourth-order valence-corrected chi connectivity index (χ4v) is 2.78. The van der Waals surface area contributed by atoms with Gasteiger partial charge in [-0.25, -0.2) is 4.68 Å². The molecule has 122 valence electrons. The number of hydrogen-bond acceptors (Lipinski definition) is 7. The van der Waals surface area contributed by atoms with Gasteiger partial charge in [-0.05, 0) is 53.3 Å². The Hall–Kier alpha value is -2.55. The number of carbonyl (C=O) groups excluding carboxylic acids is 1. The van der Waals surface area contributed by atoms with E-state index in [2.05, 4.69) is 25.8 Å². The number of aliphatic hydroxyl groups is 1. The van der Waals surface area contributed by atoms with E-state index in [4.69, 9.17) is 5.73 Å². The number of aromatic nitrogens is 5. The van der Waals surface area contributed by atoms with E-state index in [1.807, 2.05) is 12.1 Å². The first kappa shape index (κ1) is 15.3. The highest BCUT2D eigenvalue weighted by Gasteiger charge is 2.34. The zero-order chi connectivity index (χ0) is 16.2. The molecule has 3 rings (SSSR count). The summed E-state index contributed by atoms with van der Waals surface area (Å²) in [5.41, 5.74) is 6.66. The summed E-state index contributed by atoms with van der Waals surface area (Å²) in [4.78, 5) is 16.2. The quantitative estimate of drug-likeness (QED) is 0.632. The number of anilines is 1. The molecule has 0 bridgehead atoms. The van der Waals surface area contributed by atoms with Gasteiger partial charge in [-0.1, -0.05) is 5.10 Å². The van der Waals surface area contributed by atoms with E-state index in [1.165, 1.54) is 4.68 Å². The molecule has 0 unspecified atom stereocenters. The predicted molar refractivity (Wildman–Crippen MR) is 80.8 cm³/mol. The number of carbonyl (C=O) groups is 1. The first-order valence-corrected chi connectivity index (χ1v) is 7.50. The topological polar surface area (TPSA) is 132 Å². The molecule has 2 heterocycles. The Morgan fingerprint density at radius 2 is 2.17 bits per heavy atom. The van der Waals surface area contributed by atoms with Crippen LogP contribution in [0.3, 0.4) is 0 Å². The van der Waals surface area contributed by atoms with Crippen LogP contribution in [0.4, 0.5) is 5.95 Å². The lowest BCUT2D eigenvalue weighted by molar-refractivity contribution is -0.123. The number of rotatable bonds is 6. The summed E-state index contributed by atoms with van der Waals surface area (Å²) in [7, 11) is 0. The molecule has 4 N–H and O–H groups in total. The van der Waals surface area contributed by atoms with Crippen LogP contribution in [0.1, 0.15) is 18.4 Å². The Morgan fingerprint density at radius 1 is 1.43 bits per heavy atom. The summed E-state index contributed by atoms with van der Waals surface area (Å²) in [6.45, 7) is -0.0268. The molecule has 1 aliphatic rings. The lowest BCUT2D eigenvalue weighted by atomic mass is 9.75. The molecule has 9 nitrogen and oxygen atoms in total. The Morgan fingerprint density at radius 3 is 2.78 bits per heavy atom. The molecule has 0 aromatic carbocycles. The van der Waals surface area contributed by atoms with Crippen molar-refractivity contribution >= 4 is 11.9 Å². The summed E-state index contributed by atoms with van der Waals surface area (Å²) < 4.78 is 1.24. The Bertz CT molecular complexity index is 654. The fourth-order valence-electron chi connectivity index (χ4n) is 2.78. The molecule has 23 heavy (non-hydrogen) atoms. The number of hydrogen-bond donors (Lipinski definition) is 3. The standard InChI is InChI=1S/C14H19N7O2/c15-14-18-19-20-21(14)8-13(23)17-12(10-6-11(22)7-10)5-9-1-3-16-4-2-9/h1-4,10-12,22H,5-8H2,(H,17,23)(H2,15,18,20)/t10?,11?,12-/m1/s1. The van der Waals surface area contributed by atoms with Crippen molar-refractivity contribution in [2.75, 3.05) is 5.73 Å². The smallest absolute Gasteiger partial charge is 0.242 e. The van der Waals surface area contributed by atoms with Crippen molar-refractivity contribution < 1.29 is 9.90 Å². The van der Waals surface area contributed by atoms with Gasteiger partial charge in [0.05, 0.1) is 6.10 Å².